The number of aliphatic hydroxyl groups excluding tert-OH is 1. The van der Waals surface area contributed by atoms with Gasteiger partial charge in [-0.05, 0) is 48.2 Å². The molecule has 0 aliphatic carbocycles. The van der Waals surface area contributed by atoms with Crippen molar-refractivity contribution in [2.24, 2.45) is 0 Å². The van der Waals surface area contributed by atoms with E-state index in [0.29, 0.717) is 6.42 Å². The first-order chi connectivity index (χ1) is 9.19. The lowest BCUT2D eigenvalue weighted by Crippen LogP contribution is -2.00. The van der Waals surface area contributed by atoms with Crippen LogP contribution in [0.15, 0.2) is 46.9 Å². The van der Waals surface area contributed by atoms with E-state index in [1.807, 2.05) is 24.3 Å². The number of aliphatic hydroxyl groups is 1. The zero-order valence-electron chi connectivity index (χ0n) is 11.0. The van der Waals surface area contributed by atoms with Crippen LogP contribution in [0.25, 0.3) is 0 Å². The van der Waals surface area contributed by atoms with E-state index in [2.05, 4.69) is 46.4 Å². The topological polar surface area (TPSA) is 32.3 Å². The van der Waals surface area contributed by atoms with E-state index in [4.69, 9.17) is 5.11 Å². The Morgan fingerprint density at radius 2 is 1.74 bits per heavy atom. The Morgan fingerprint density at radius 3 is 2.37 bits per heavy atom. The van der Waals surface area contributed by atoms with Gasteiger partial charge in [0.2, 0.25) is 0 Å². The molecule has 100 valence electrons. The fourth-order valence-corrected chi connectivity index (χ4v) is 2.30. The summed E-state index contributed by atoms with van der Waals surface area (Å²) in [5.41, 5.74) is 4.75. The van der Waals surface area contributed by atoms with E-state index < -0.39 is 0 Å². The predicted octanol–water partition coefficient (Wildman–Crippen LogP) is 3.90. The van der Waals surface area contributed by atoms with Gasteiger partial charge < -0.3 is 10.4 Å². The van der Waals surface area contributed by atoms with Crippen molar-refractivity contribution in [3.8, 4) is 0 Å². The van der Waals surface area contributed by atoms with E-state index in [0.717, 1.165) is 22.3 Å². The average molecular weight is 320 g/mol. The molecule has 0 unspecified atom stereocenters. The van der Waals surface area contributed by atoms with Crippen molar-refractivity contribution in [1.82, 2.24) is 0 Å². The maximum Gasteiger partial charge on any atom is 0.0471 e. The lowest BCUT2D eigenvalue weighted by atomic mass is 10.1. The van der Waals surface area contributed by atoms with Gasteiger partial charge in [0.05, 0.1) is 0 Å². The van der Waals surface area contributed by atoms with Gasteiger partial charge in [-0.1, -0.05) is 40.2 Å². The van der Waals surface area contributed by atoms with Crippen molar-refractivity contribution >= 4 is 21.6 Å². The molecule has 0 saturated heterocycles. The molecule has 0 fully saturated rings. The lowest BCUT2D eigenvalue weighted by molar-refractivity contribution is 0.299. The molecule has 2 nitrogen and oxygen atoms in total. The van der Waals surface area contributed by atoms with Crippen LogP contribution in [-0.2, 0) is 13.0 Å². The molecule has 0 bridgehead atoms. The molecule has 3 heteroatoms. The Hall–Kier alpha value is -1.32. The van der Waals surface area contributed by atoms with Gasteiger partial charge in [0, 0.05) is 23.3 Å². The number of anilines is 1. The highest BCUT2D eigenvalue weighted by atomic mass is 79.9. The molecule has 0 aliphatic heterocycles. The number of aryl methyl sites for hydroxylation is 1. The summed E-state index contributed by atoms with van der Waals surface area (Å²) in [6, 6.07) is 14.6. The van der Waals surface area contributed by atoms with E-state index >= 15 is 0 Å². The van der Waals surface area contributed by atoms with Gasteiger partial charge in [-0.25, -0.2) is 0 Å². The largest absolute Gasteiger partial charge is 0.396 e. The first kappa shape index (κ1) is 14.1. The van der Waals surface area contributed by atoms with Crippen LogP contribution in [0.1, 0.15) is 16.7 Å². The fraction of sp³-hybridized carbons (Fsp3) is 0.250. The van der Waals surface area contributed by atoms with Crippen molar-refractivity contribution in [3.05, 3.63) is 63.6 Å². The van der Waals surface area contributed by atoms with E-state index in [9.17, 15) is 0 Å². The summed E-state index contributed by atoms with van der Waals surface area (Å²) in [5, 5.41) is 12.3. The molecule has 0 radical (unpaired) electrons. The number of rotatable bonds is 5. The summed E-state index contributed by atoms with van der Waals surface area (Å²) in [6.07, 6.45) is 0.713. The van der Waals surface area contributed by atoms with Gasteiger partial charge in [0.25, 0.3) is 0 Å². The number of nitrogens with one attached hydrogen (secondary N) is 1. The van der Waals surface area contributed by atoms with Gasteiger partial charge in [-0.15, -0.1) is 0 Å². The quantitative estimate of drug-likeness (QED) is 0.875. The Morgan fingerprint density at radius 1 is 1.05 bits per heavy atom. The van der Waals surface area contributed by atoms with Crippen molar-refractivity contribution in [1.29, 1.82) is 0 Å². The van der Waals surface area contributed by atoms with Gasteiger partial charge in [0.1, 0.15) is 0 Å². The SMILES string of the molecule is Cc1ccc(CNc2ccc(CCO)cc2)cc1Br. The third-order valence-electron chi connectivity index (χ3n) is 3.09. The second-order valence-corrected chi connectivity index (χ2v) is 5.46. The molecule has 0 aromatic heterocycles. The molecule has 0 saturated carbocycles. The molecule has 0 aliphatic rings. The summed E-state index contributed by atoms with van der Waals surface area (Å²) in [5.74, 6) is 0. The van der Waals surface area contributed by atoms with Crippen LogP contribution in [-0.4, -0.2) is 11.7 Å². The van der Waals surface area contributed by atoms with E-state index in [1.165, 1.54) is 11.1 Å². The smallest absolute Gasteiger partial charge is 0.0471 e. The monoisotopic (exact) mass is 319 g/mol. The summed E-state index contributed by atoms with van der Waals surface area (Å²) in [7, 11) is 0. The normalized spacial score (nSPS) is 10.5. The van der Waals surface area contributed by atoms with Crippen molar-refractivity contribution < 1.29 is 5.11 Å². The van der Waals surface area contributed by atoms with Gasteiger partial charge in [-0.2, -0.15) is 0 Å². The molecule has 0 heterocycles. The molecule has 0 amide bonds. The number of halogens is 1. The molecule has 2 N–H and O–H groups in total. The second-order valence-electron chi connectivity index (χ2n) is 4.61. The van der Waals surface area contributed by atoms with Crippen LogP contribution in [0.3, 0.4) is 0 Å². The standard InChI is InChI=1S/C16H18BrNO/c1-12-2-3-14(10-16(12)17)11-18-15-6-4-13(5-7-15)8-9-19/h2-7,10,18-19H,8-9,11H2,1H3. The minimum atomic E-state index is 0.199. The predicted molar refractivity (Wildman–Crippen MR) is 83.4 cm³/mol. The highest BCUT2D eigenvalue weighted by Gasteiger charge is 1.98. The second kappa shape index (κ2) is 6.73. The maximum absolute atomic E-state index is 8.87. The summed E-state index contributed by atoms with van der Waals surface area (Å²) >= 11 is 3.55. The highest BCUT2D eigenvalue weighted by Crippen LogP contribution is 2.18. The number of benzene rings is 2. The fourth-order valence-electron chi connectivity index (χ4n) is 1.87. The van der Waals surface area contributed by atoms with E-state index in [-0.39, 0.29) is 6.61 Å². The Balaban J connectivity index is 1.96. The van der Waals surface area contributed by atoms with Gasteiger partial charge in [0.15, 0.2) is 0 Å². The zero-order chi connectivity index (χ0) is 13.7. The highest BCUT2D eigenvalue weighted by molar-refractivity contribution is 9.10. The minimum absolute atomic E-state index is 0.199. The molecule has 2 rings (SSSR count). The van der Waals surface area contributed by atoms with Crippen LogP contribution in [0.4, 0.5) is 5.69 Å². The van der Waals surface area contributed by atoms with Crippen molar-refractivity contribution in [2.45, 2.75) is 19.9 Å². The maximum atomic E-state index is 8.87. The third kappa shape index (κ3) is 4.08. The molecule has 0 spiro atoms. The third-order valence-corrected chi connectivity index (χ3v) is 3.94. The van der Waals surface area contributed by atoms with Crippen molar-refractivity contribution in [2.75, 3.05) is 11.9 Å². The van der Waals surface area contributed by atoms with Crippen LogP contribution in [0, 0.1) is 6.92 Å². The zero-order valence-corrected chi connectivity index (χ0v) is 12.6. The molecule has 2 aromatic carbocycles. The molecule has 2 aromatic rings. The van der Waals surface area contributed by atoms with Crippen LogP contribution >= 0.6 is 15.9 Å². The Kier molecular flexibility index (Phi) is 5.00. The summed E-state index contributed by atoms with van der Waals surface area (Å²) in [6.45, 7) is 3.09. The first-order valence-electron chi connectivity index (χ1n) is 6.38. The Labute approximate surface area is 122 Å². The lowest BCUT2D eigenvalue weighted by Gasteiger charge is -2.08. The van der Waals surface area contributed by atoms with Crippen LogP contribution in [0.2, 0.25) is 0 Å². The first-order valence-corrected chi connectivity index (χ1v) is 7.17. The van der Waals surface area contributed by atoms with Crippen LogP contribution in [0.5, 0.6) is 0 Å². The van der Waals surface area contributed by atoms with Gasteiger partial charge in [-0.3, -0.25) is 0 Å². The number of hydrogen-bond donors (Lipinski definition) is 2. The number of hydrogen-bond acceptors (Lipinski definition) is 2. The molecular formula is C16H18BrNO. The van der Waals surface area contributed by atoms with Crippen molar-refractivity contribution in [3.63, 3.8) is 0 Å². The van der Waals surface area contributed by atoms with E-state index in [1.54, 1.807) is 0 Å². The molecule has 0 atom stereocenters. The summed E-state index contributed by atoms with van der Waals surface area (Å²) < 4.78 is 1.14. The molecular weight excluding hydrogens is 302 g/mol. The van der Waals surface area contributed by atoms with Crippen LogP contribution < -0.4 is 5.32 Å². The summed E-state index contributed by atoms with van der Waals surface area (Å²) in [4.78, 5) is 0. The minimum Gasteiger partial charge on any atom is -0.396 e. The van der Waals surface area contributed by atoms with Gasteiger partial charge >= 0.3 is 0 Å². The average Bonchev–Trinajstić information content (AvgIpc) is 2.42. The Bertz CT molecular complexity index is 537. The molecule has 19 heavy (non-hydrogen) atoms.